The largest absolute Gasteiger partial charge is 0.493 e. The number of anilines is 1. The Morgan fingerprint density at radius 2 is 1.97 bits per heavy atom. The molecule has 0 atom stereocenters. The number of methoxy groups -OCH3 is 1. The Morgan fingerprint density at radius 1 is 1.10 bits per heavy atom. The van der Waals surface area contributed by atoms with Gasteiger partial charge in [0.05, 0.1) is 33.5 Å². The third-order valence-electron chi connectivity index (χ3n) is 4.33. The number of rotatable bonds is 7. The average molecular weight is 399 g/mol. The number of aliphatic imine (C=N–C) groups is 1. The van der Waals surface area contributed by atoms with Crippen LogP contribution in [-0.2, 0) is 6.54 Å². The SMILES string of the molecule is CCNC(=NCc1cccc2c1OCCCO2)Nc1ccc(OCC)c(OC)c1. The molecule has 0 aliphatic carbocycles. The van der Waals surface area contributed by atoms with E-state index >= 15 is 0 Å². The zero-order valence-electron chi connectivity index (χ0n) is 17.3. The Balaban J connectivity index is 1.77. The third-order valence-corrected chi connectivity index (χ3v) is 4.33. The maximum atomic E-state index is 5.89. The predicted molar refractivity (Wildman–Crippen MR) is 115 cm³/mol. The molecule has 0 radical (unpaired) electrons. The van der Waals surface area contributed by atoms with E-state index < -0.39 is 0 Å². The summed E-state index contributed by atoms with van der Waals surface area (Å²) in [5, 5.41) is 6.58. The summed E-state index contributed by atoms with van der Waals surface area (Å²) in [7, 11) is 1.63. The highest BCUT2D eigenvalue weighted by molar-refractivity contribution is 5.94. The number of hydrogen-bond donors (Lipinski definition) is 2. The molecule has 1 aliphatic heterocycles. The minimum Gasteiger partial charge on any atom is -0.493 e. The van der Waals surface area contributed by atoms with Crippen LogP contribution in [0, 0.1) is 0 Å². The third kappa shape index (κ3) is 5.47. The molecular weight excluding hydrogens is 370 g/mol. The second-order valence-corrected chi connectivity index (χ2v) is 6.41. The second kappa shape index (κ2) is 10.5. The van der Waals surface area contributed by atoms with Gasteiger partial charge in [0, 0.05) is 30.3 Å². The molecule has 0 aromatic heterocycles. The highest BCUT2D eigenvalue weighted by Crippen LogP contribution is 2.34. The lowest BCUT2D eigenvalue weighted by Crippen LogP contribution is -2.30. The molecule has 0 fully saturated rings. The number of hydrogen-bond acceptors (Lipinski definition) is 5. The summed E-state index contributed by atoms with van der Waals surface area (Å²) in [5.41, 5.74) is 1.85. The quantitative estimate of drug-likeness (QED) is 0.545. The molecule has 0 saturated heterocycles. The van der Waals surface area contributed by atoms with E-state index in [2.05, 4.69) is 10.6 Å². The highest BCUT2D eigenvalue weighted by atomic mass is 16.5. The van der Waals surface area contributed by atoms with Crippen LogP contribution in [0.2, 0.25) is 0 Å². The monoisotopic (exact) mass is 399 g/mol. The summed E-state index contributed by atoms with van der Waals surface area (Å²) in [6, 6.07) is 11.6. The number of nitrogens with zero attached hydrogens (tertiary/aromatic N) is 1. The van der Waals surface area contributed by atoms with E-state index in [9.17, 15) is 0 Å². The fourth-order valence-corrected chi connectivity index (χ4v) is 3.01. The molecule has 0 bridgehead atoms. The number of guanidine groups is 1. The number of para-hydroxylation sites is 1. The van der Waals surface area contributed by atoms with Crippen LogP contribution in [0.25, 0.3) is 0 Å². The van der Waals surface area contributed by atoms with Gasteiger partial charge in [-0.1, -0.05) is 12.1 Å². The van der Waals surface area contributed by atoms with Gasteiger partial charge >= 0.3 is 0 Å². The summed E-state index contributed by atoms with van der Waals surface area (Å²) >= 11 is 0. The normalized spacial score (nSPS) is 13.4. The number of benzene rings is 2. The molecular formula is C22H29N3O4. The number of fused-ring (bicyclic) bond motifs is 1. The fraction of sp³-hybridized carbons (Fsp3) is 0.409. The first-order valence-electron chi connectivity index (χ1n) is 9.98. The molecule has 1 aliphatic rings. The first-order valence-corrected chi connectivity index (χ1v) is 9.98. The summed E-state index contributed by atoms with van der Waals surface area (Å²) in [5.74, 6) is 3.63. The van der Waals surface area contributed by atoms with Crippen molar-refractivity contribution in [3.63, 3.8) is 0 Å². The first kappa shape index (κ1) is 20.6. The maximum Gasteiger partial charge on any atom is 0.196 e. The van der Waals surface area contributed by atoms with Gasteiger partial charge in [-0.2, -0.15) is 0 Å². The molecule has 0 spiro atoms. The van der Waals surface area contributed by atoms with E-state index in [4.69, 9.17) is 23.9 Å². The lowest BCUT2D eigenvalue weighted by molar-refractivity contribution is 0.296. The minimum absolute atomic E-state index is 0.468. The summed E-state index contributed by atoms with van der Waals surface area (Å²) in [4.78, 5) is 4.72. The minimum atomic E-state index is 0.468. The highest BCUT2D eigenvalue weighted by Gasteiger charge is 2.14. The van der Waals surface area contributed by atoms with Gasteiger partial charge in [-0.3, -0.25) is 0 Å². The summed E-state index contributed by atoms with van der Waals surface area (Å²) < 4.78 is 22.7. The fourth-order valence-electron chi connectivity index (χ4n) is 3.01. The Morgan fingerprint density at radius 3 is 2.76 bits per heavy atom. The van der Waals surface area contributed by atoms with Crippen molar-refractivity contribution in [1.29, 1.82) is 0 Å². The van der Waals surface area contributed by atoms with Crippen LogP contribution < -0.4 is 29.6 Å². The van der Waals surface area contributed by atoms with Crippen molar-refractivity contribution in [3.8, 4) is 23.0 Å². The lowest BCUT2D eigenvalue weighted by Gasteiger charge is -2.15. The molecule has 29 heavy (non-hydrogen) atoms. The van der Waals surface area contributed by atoms with Gasteiger partial charge in [-0.25, -0.2) is 4.99 Å². The molecule has 2 aromatic rings. The smallest absolute Gasteiger partial charge is 0.196 e. The zero-order valence-corrected chi connectivity index (χ0v) is 17.3. The van der Waals surface area contributed by atoms with Gasteiger partial charge in [0.2, 0.25) is 0 Å². The van der Waals surface area contributed by atoms with Crippen molar-refractivity contribution in [2.75, 3.05) is 38.8 Å². The van der Waals surface area contributed by atoms with Crippen LogP contribution in [0.15, 0.2) is 41.4 Å². The molecule has 3 rings (SSSR count). The van der Waals surface area contributed by atoms with Gasteiger partial charge in [0.15, 0.2) is 29.0 Å². The number of ether oxygens (including phenoxy) is 4. The molecule has 156 valence electrons. The Hall–Kier alpha value is -3.09. The maximum absolute atomic E-state index is 5.89. The molecule has 2 aromatic carbocycles. The Bertz CT molecular complexity index is 839. The van der Waals surface area contributed by atoms with Gasteiger partial charge in [-0.05, 0) is 32.0 Å². The summed E-state index contributed by atoms with van der Waals surface area (Å²) in [6.45, 7) is 7.09. The molecule has 0 saturated carbocycles. The van der Waals surface area contributed by atoms with E-state index in [-0.39, 0.29) is 0 Å². The van der Waals surface area contributed by atoms with Crippen LogP contribution in [-0.4, -0.2) is 39.4 Å². The molecule has 1 heterocycles. The van der Waals surface area contributed by atoms with Crippen molar-refractivity contribution in [2.24, 2.45) is 4.99 Å². The second-order valence-electron chi connectivity index (χ2n) is 6.41. The van der Waals surface area contributed by atoms with Crippen molar-refractivity contribution >= 4 is 11.6 Å². The van der Waals surface area contributed by atoms with Crippen molar-refractivity contribution < 1.29 is 18.9 Å². The van der Waals surface area contributed by atoms with E-state index in [1.165, 1.54) is 0 Å². The first-order chi connectivity index (χ1) is 14.2. The molecule has 0 amide bonds. The number of nitrogens with one attached hydrogen (secondary N) is 2. The van der Waals surface area contributed by atoms with Gasteiger partial charge < -0.3 is 29.6 Å². The Labute approximate surface area is 172 Å². The molecule has 7 nitrogen and oxygen atoms in total. The summed E-state index contributed by atoms with van der Waals surface area (Å²) in [6.07, 6.45) is 0.876. The van der Waals surface area contributed by atoms with Crippen LogP contribution in [0.1, 0.15) is 25.8 Å². The predicted octanol–water partition coefficient (Wildman–Crippen LogP) is 3.83. The zero-order chi connectivity index (χ0) is 20.5. The van der Waals surface area contributed by atoms with E-state index in [0.29, 0.717) is 43.8 Å². The Kier molecular flexibility index (Phi) is 7.44. The average Bonchev–Trinajstić information content (AvgIpc) is 2.99. The van der Waals surface area contributed by atoms with Gasteiger partial charge in [0.25, 0.3) is 0 Å². The van der Waals surface area contributed by atoms with Crippen LogP contribution in [0.4, 0.5) is 5.69 Å². The van der Waals surface area contributed by atoms with E-state index in [1.807, 2.05) is 50.2 Å². The lowest BCUT2D eigenvalue weighted by atomic mass is 10.2. The van der Waals surface area contributed by atoms with Crippen molar-refractivity contribution in [2.45, 2.75) is 26.8 Å². The topological polar surface area (TPSA) is 73.3 Å². The molecule has 2 N–H and O–H groups in total. The van der Waals surface area contributed by atoms with E-state index in [0.717, 1.165) is 35.7 Å². The van der Waals surface area contributed by atoms with Gasteiger partial charge in [-0.15, -0.1) is 0 Å². The van der Waals surface area contributed by atoms with E-state index in [1.54, 1.807) is 7.11 Å². The molecule has 0 unspecified atom stereocenters. The molecule has 7 heteroatoms. The van der Waals surface area contributed by atoms with Crippen molar-refractivity contribution in [1.82, 2.24) is 5.32 Å². The van der Waals surface area contributed by atoms with Crippen molar-refractivity contribution in [3.05, 3.63) is 42.0 Å². The van der Waals surface area contributed by atoms with Crippen LogP contribution in [0.5, 0.6) is 23.0 Å². The van der Waals surface area contributed by atoms with Crippen LogP contribution >= 0.6 is 0 Å². The van der Waals surface area contributed by atoms with Gasteiger partial charge in [0.1, 0.15) is 0 Å². The van der Waals surface area contributed by atoms with Crippen LogP contribution in [0.3, 0.4) is 0 Å². The standard InChI is InChI=1S/C22H29N3O4/c1-4-23-22(25-17-10-11-18(27-5-2)20(14-17)26-3)24-15-16-8-6-9-19-21(16)29-13-7-12-28-19/h6,8-11,14H,4-5,7,12-13,15H2,1-3H3,(H2,23,24,25).